The fourth-order valence-electron chi connectivity index (χ4n) is 13.7. The summed E-state index contributed by atoms with van der Waals surface area (Å²) < 4.78 is 29.5. The second kappa shape index (κ2) is 17.4. The van der Waals surface area contributed by atoms with Crippen molar-refractivity contribution in [3.05, 3.63) is 0 Å². The van der Waals surface area contributed by atoms with E-state index in [0.29, 0.717) is 38.5 Å². The van der Waals surface area contributed by atoms with Crippen LogP contribution in [0.15, 0.2) is 0 Å². The number of ether oxygens (including phenoxy) is 5. The molecule has 0 bridgehead atoms. The van der Waals surface area contributed by atoms with Crippen molar-refractivity contribution in [2.45, 2.75) is 190 Å². The third-order valence-corrected chi connectivity index (χ3v) is 16.8. The van der Waals surface area contributed by atoms with Gasteiger partial charge in [0.2, 0.25) is 0 Å². The van der Waals surface area contributed by atoms with Crippen LogP contribution in [0.4, 0.5) is 0 Å². The number of aliphatic hydroxyl groups is 12. The maximum absolute atomic E-state index is 12.9. The van der Waals surface area contributed by atoms with Gasteiger partial charge in [0.25, 0.3) is 0 Å². The first-order valence-electron chi connectivity index (χ1n) is 22.0. The largest absolute Gasteiger partial charge is 0.394 e. The Hall–Kier alpha value is -0.680. The highest BCUT2D eigenvalue weighted by atomic mass is 16.8. The summed E-state index contributed by atoms with van der Waals surface area (Å²) in [5.74, 6) is -2.02. The van der Waals surface area contributed by atoms with Crippen molar-refractivity contribution in [2.75, 3.05) is 19.8 Å². The Morgan fingerprint density at radius 1 is 0.695 bits per heavy atom. The summed E-state index contributed by atoms with van der Waals surface area (Å²) in [7, 11) is 0. The molecule has 59 heavy (non-hydrogen) atoms. The zero-order valence-corrected chi connectivity index (χ0v) is 35.0. The molecule has 342 valence electrons. The van der Waals surface area contributed by atoms with Gasteiger partial charge in [-0.1, -0.05) is 34.6 Å². The van der Waals surface area contributed by atoms with Crippen LogP contribution >= 0.6 is 0 Å². The van der Waals surface area contributed by atoms with Crippen LogP contribution in [0, 0.1) is 52.3 Å². The van der Waals surface area contributed by atoms with Gasteiger partial charge >= 0.3 is 0 Å². The van der Waals surface area contributed by atoms with Gasteiger partial charge in [-0.05, 0) is 79.4 Å². The summed E-state index contributed by atoms with van der Waals surface area (Å²) in [6, 6.07) is 0. The van der Waals surface area contributed by atoms with Gasteiger partial charge in [-0.25, -0.2) is 0 Å². The first-order chi connectivity index (χ1) is 27.7. The summed E-state index contributed by atoms with van der Waals surface area (Å²) in [6.45, 7) is 9.04. The summed E-state index contributed by atoms with van der Waals surface area (Å²) in [5, 5.41) is 131. The molecule has 0 aromatic carbocycles. The van der Waals surface area contributed by atoms with Crippen LogP contribution < -0.4 is 0 Å². The first kappa shape index (κ1) is 46.3. The molecule has 7 aliphatic rings. The van der Waals surface area contributed by atoms with Gasteiger partial charge in [0.05, 0.1) is 55.9 Å². The maximum Gasteiger partial charge on any atom is 0.187 e. The third-order valence-electron chi connectivity index (χ3n) is 16.8. The van der Waals surface area contributed by atoms with E-state index in [1.807, 2.05) is 20.8 Å². The molecule has 0 amide bonds. The Kier molecular flexibility index (Phi) is 13.6. The van der Waals surface area contributed by atoms with Crippen LogP contribution in [0.2, 0.25) is 0 Å². The average molecular weight is 849 g/mol. The summed E-state index contributed by atoms with van der Waals surface area (Å²) in [4.78, 5) is 0. The van der Waals surface area contributed by atoms with Crippen LogP contribution in [0.5, 0.6) is 0 Å². The molecule has 1 unspecified atom stereocenters. The molecule has 0 aromatic rings. The van der Waals surface area contributed by atoms with Crippen LogP contribution in [-0.2, 0) is 23.7 Å². The predicted molar refractivity (Wildman–Crippen MR) is 205 cm³/mol. The van der Waals surface area contributed by atoms with E-state index in [-0.39, 0.29) is 36.7 Å². The van der Waals surface area contributed by atoms with E-state index >= 15 is 0 Å². The first-order valence-corrected chi connectivity index (χ1v) is 22.0. The lowest BCUT2D eigenvalue weighted by atomic mass is 9.40. The minimum atomic E-state index is -1.50. The second-order valence-electron chi connectivity index (χ2n) is 20.3. The van der Waals surface area contributed by atoms with E-state index in [0.717, 1.165) is 6.42 Å². The highest BCUT2D eigenvalue weighted by molar-refractivity contribution is 5.21. The molecule has 3 aliphatic heterocycles. The predicted octanol–water partition coefficient (Wildman–Crippen LogP) is -1.87. The van der Waals surface area contributed by atoms with Crippen molar-refractivity contribution in [3.8, 4) is 0 Å². The van der Waals surface area contributed by atoms with E-state index in [1.54, 1.807) is 0 Å². The van der Waals surface area contributed by atoms with Crippen LogP contribution in [0.1, 0.15) is 86.0 Å². The average Bonchev–Trinajstić information content (AvgIpc) is 3.74. The Morgan fingerprint density at radius 3 is 1.98 bits per heavy atom. The molecule has 0 radical (unpaired) electrons. The molecule has 0 spiro atoms. The molecular weight excluding hydrogens is 776 g/mol. The molecule has 25 atom stereocenters. The quantitative estimate of drug-likeness (QED) is 0.102. The normalized spacial score (nSPS) is 54.8. The van der Waals surface area contributed by atoms with Crippen molar-refractivity contribution in [1.82, 2.24) is 0 Å². The van der Waals surface area contributed by atoms with E-state index < -0.39 is 145 Å². The SMILES string of the molecule is CC(C)[C@H](CC[C@@H](C)[C@H]1C[C@H](O)[C@@H]2[C@]1(C)CC[C@H]1[C@@]2(O)C[C@@H](O)C2[C@@H](O)[C@@H]([C@@H]3OC[C@@H](O)[C@H](O)[C@H]3O)CC[C@@]21C)O[C@@H]1O[C@@H](CO)[C@H](O)[C@H]1O[C@@H]1O[C@@H](CO)[C@H](O)[C@H]1O. The molecule has 7 fully saturated rings. The highest BCUT2D eigenvalue weighted by Crippen LogP contribution is 2.70. The fraction of sp³-hybridized carbons (Fsp3) is 1.00. The zero-order chi connectivity index (χ0) is 43.1. The van der Waals surface area contributed by atoms with Gasteiger partial charge in [0, 0.05) is 24.2 Å². The van der Waals surface area contributed by atoms with E-state index in [1.165, 1.54) is 0 Å². The van der Waals surface area contributed by atoms with Crippen molar-refractivity contribution >= 4 is 0 Å². The molecule has 4 saturated carbocycles. The molecule has 0 aromatic heterocycles. The Bertz CT molecular complexity index is 1430. The Labute approximate surface area is 346 Å². The van der Waals surface area contributed by atoms with Crippen molar-refractivity contribution in [2.24, 2.45) is 52.3 Å². The van der Waals surface area contributed by atoms with Gasteiger partial charge in [0.1, 0.15) is 54.9 Å². The van der Waals surface area contributed by atoms with E-state index in [9.17, 15) is 61.3 Å². The summed E-state index contributed by atoms with van der Waals surface area (Å²) in [6.07, 6.45) is -14.5. The van der Waals surface area contributed by atoms with Crippen LogP contribution in [0.3, 0.4) is 0 Å². The third kappa shape index (κ3) is 7.76. The van der Waals surface area contributed by atoms with Gasteiger partial charge in [0.15, 0.2) is 12.6 Å². The zero-order valence-electron chi connectivity index (χ0n) is 35.0. The van der Waals surface area contributed by atoms with Gasteiger partial charge < -0.3 is 85.0 Å². The monoisotopic (exact) mass is 848 g/mol. The second-order valence-corrected chi connectivity index (χ2v) is 20.3. The fourth-order valence-corrected chi connectivity index (χ4v) is 13.7. The standard InChI is InChI=1S/C42H72O17/c1-17(2)24(56-39-36(32(51)26(15-44)58-39)59-38-34(53)31(50)25(14-43)57-38)7-6-18(3)20-12-21(45)37-40(20,4)11-9-27-41(5)10-8-19(35-33(52)30(49)23(47)16-55-35)29(48)28(41)22(46)13-42(27,37)54/h17-39,43-54H,6-16H2,1-5H3/t18-,19+,20-,21+,22-,23-,24+,25+,26+,27-,28?,29+,30+,31+,32+,33-,34-,35+,36-,37-,38+,39-,40-,41-,42+/m1/s1. The molecule has 3 heterocycles. The summed E-state index contributed by atoms with van der Waals surface area (Å²) >= 11 is 0. The number of fused-ring (bicyclic) bond motifs is 5. The Balaban J connectivity index is 1.03. The van der Waals surface area contributed by atoms with Gasteiger partial charge in [-0.3, -0.25) is 0 Å². The lowest BCUT2D eigenvalue weighted by Gasteiger charge is -2.67. The van der Waals surface area contributed by atoms with E-state index in [2.05, 4.69) is 13.8 Å². The molecular formula is C42H72O17. The molecule has 3 saturated heterocycles. The molecule has 17 heteroatoms. The van der Waals surface area contributed by atoms with Crippen molar-refractivity contribution < 1.29 is 85.0 Å². The van der Waals surface area contributed by atoms with E-state index in [4.69, 9.17) is 23.7 Å². The van der Waals surface area contributed by atoms with Crippen molar-refractivity contribution in [1.29, 1.82) is 0 Å². The lowest BCUT2D eigenvalue weighted by Crippen LogP contribution is -2.71. The van der Waals surface area contributed by atoms with Crippen molar-refractivity contribution in [3.63, 3.8) is 0 Å². The van der Waals surface area contributed by atoms with Gasteiger partial charge in [-0.15, -0.1) is 0 Å². The van der Waals surface area contributed by atoms with Crippen LogP contribution in [0.25, 0.3) is 0 Å². The minimum absolute atomic E-state index is 0.0160. The Morgan fingerprint density at radius 2 is 1.34 bits per heavy atom. The van der Waals surface area contributed by atoms with Gasteiger partial charge in [-0.2, -0.15) is 0 Å². The molecule has 17 nitrogen and oxygen atoms in total. The summed E-state index contributed by atoms with van der Waals surface area (Å²) in [5.41, 5.74) is -2.58. The number of aliphatic hydroxyl groups excluding tert-OH is 11. The van der Waals surface area contributed by atoms with Crippen LogP contribution in [-0.4, -0.2) is 185 Å². The number of rotatable bonds is 12. The molecule has 12 N–H and O–H groups in total. The number of hydrogen-bond acceptors (Lipinski definition) is 17. The minimum Gasteiger partial charge on any atom is -0.394 e. The highest BCUT2D eigenvalue weighted by Gasteiger charge is 2.72. The smallest absolute Gasteiger partial charge is 0.187 e. The lowest BCUT2D eigenvalue weighted by molar-refractivity contribution is -0.287. The molecule has 4 aliphatic carbocycles. The molecule has 7 rings (SSSR count). The number of hydrogen-bond donors (Lipinski definition) is 12. The maximum atomic E-state index is 12.9. The topological polar surface area (TPSA) is 289 Å².